The zero-order valence-electron chi connectivity index (χ0n) is 11.8. The van der Waals surface area contributed by atoms with Crippen LogP contribution in [0.3, 0.4) is 0 Å². The van der Waals surface area contributed by atoms with Crippen molar-refractivity contribution in [3.05, 3.63) is 58.9 Å². The highest BCUT2D eigenvalue weighted by Crippen LogP contribution is 2.24. The normalized spacial score (nSPS) is 12.3. The zero-order chi connectivity index (χ0) is 14.5. The summed E-state index contributed by atoms with van der Waals surface area (Å²) < 4.78 is 0. The van der Waals surface area contributed by atoms with Gasteiger partial charge in [0.05, 0.1) is 12.3 Å². The Hall–Kier alpha value is -1.91. The third-order valence-electron chi connectivity index (χ3n) is 3.49. The number of benzene rings is 1. The lowest BCUT2D eigenvalue weighted by Crippen LogP contribution is -2.19. The number of aryl methyl sites for hydroxylation is 1. The molecule has 4 nitrogen and oxygen atoms in total. The van der Waals surface area contributed by atoms with E-state index >= 15 is 0 Å². The molecule has 0 saturated heterocycles. The SMILES string of the molecule is Cc1ncc(CO)c(CN[C@H](C)c2ccccc2)c1O. The summed E-state index contributed by atoms with van der Waals surface area (Å²) in [6, 6.07) is 10.3. The molecule has 1 aromatic carbocycles. The number of hydrogen-bond acceptors (Lipinski definition) is 4. The van der Waals surface area contributed by atoms with E-state index in [4.69, 9.17) is 0 Å². The van der Waals surface area contributed by atoms with Gasteiger partial charge >= 0.3 is 0 Å². The average molecular weight is 272 g/mol. The first-order valence-electron chi connectivity index (χ1n) is 6.69. The molecule has 20 heavy (non-hydrogen) atoms. The number of hydrogen-bond donors (Lipinski definition) is 3. The highest BCUT2D eigenvalue weighted by molar-refractivity contribution is 5.40. The Bertz CT molecular complexity index is 570. The number of aromatic nitrogens is 1. The molecular formula is C16H20N2O2. The summed E-state index contributed by atoms with van der Waals surface area (Å²) in [5.74, 6) is 0.157. The minimum absolute atomic E-state index is 0.127. The van der Waals surface area contributed by atoms with Crippen molar-refractivity contribution in [3.8, 4) is 5.75 Å². The molecule has 0 aliphatic carbocycles. The van der Waals surface area contributed by atoms with E-state index in [0.717, 1.165) is 0 Å². The quantitative estimate of drug-likeness (QED) is 0.782. The molecule has 106 valence electrons. The number of rotatable bonds is 5. The minimum atomic E-state index is -0.127. The third-order valence-corrected chi connectivity index (χ3v) is 3.49. The smallest absolute Gasteiger partial charge is 0.141 e. The van der Waals surface area contributed by atoms with E-state index in [1.165, 1.54) is 5.56 Å². The van der Waals surface area contributed by atoms with Crippen LogP contribution in [0.2, 0.25) is 0 Å². The molecule has 4 heteroatoms. The fourth-order valence-electron chi connectivity index (χ4n) is 2.13. The molecule has 0 aliphatic rings. The molecule has 0 bridgehead atoms. The monoisotopic (exact) mass is 272 g/mol. The number of nitrogens with zero attached hydrogens (tertiary/aromatic N) is 1. The van der Waals surface area contributed by atoms with Gasteiger partial charge in [0.2, 0.25) is 0 Å². The number of pyridine rings is 1. The van der Waals surface area contributed by atoms with Gasteiger partial charge in [-0.05, 0) is 19.4 Å². The number of aliphatic hydroxyl groups is 1. The van der Waals surface area contributed by atoms with Crippen molar-refractivity contribution in [2.45, 2.75) is 33.0 Å². The third kappa shape index (κ3) is 3.15. The van der Waals surface area contributed by atoms with Gasteiger partial charge in [0, 0.05) is 29.9 Å². The Morgan fingerprint density at radius 2 is 1.95 bits per heavy atom. The lowest BCUT2D eigenvalue weighted by atomic mass is 10.1. The van der Waals surface area contributed by atoms with Crippen LogP contribution < -0.4 is 5.32 Å². The Kier molecular flexibility index (Phi) is 4.71. The van der Waals surface area contributed by atoms with Crippen molar-refractivity contribution in [1.82, 2.24) is 10.3 Å². The van der Waals surface area contributed by atoms with E-state index < -0.39 is 0 Å². The summed E-state index contributed by atoms with van der Waals surface area (Å²) in [5.41, 5.74) is 3.12. The number of aromatic hydroxyl groups is 1. The summed E-state index contributed by atoms with van der Waals surface area (Å²) in [6.07, 6.45) is 1.61. The lowest BCUT2D eigenvalue weighted by molar-refractivity contribution is 0.278. The van der Waals surface area contributed by atoms with Gasteiger partial charge in [0.25, 0.3) is 0 Å². The Morgan fingerprint density at radius 1 is 1.25 bits per heavy atom. The van der Waals surface area contributed by atoms with Crippen molar-refractivity contribution < 1.29 is 10.2 Å². The van der Waals surface area contributed by atoms with Crippen molar-refractivity contribution in [2.75, 3.05) is 0 Å². The van der Waals surface area contributed by atoms with Crippen LogP contribution in [0.15, 0.2) is 36.5 Å². The molecule has 2 aromatic rings. The summed E-state index contributed by atoms with van der Waals surface area (Å²) in [6.45, 7) is 4.18. The van der Waals surface area contributed by atoms with Crippen LogP contribution in [0.1, 0.15) is 35.3 Å². The fraction of sp³-hybridized carbons (Fsp3) is 0.312. The highest BCUT2D eigenvalue weighted by atomic mass is 16.3. The molecular weight excluding hydrogens is 252 g/mol. The van der Waals surface area contributed by atoms with Crippen molar-refractivity contribution in [2.24, 2.45) is 0 Å². The second kappa shape index (κ2) is 6.50. The molecule has 0 spiro atoms. The molecule has 0 amide bonds. The van der Waals surface area contributed by atoms with Crippen LogP contribution in [0.5, 0.6) is 5.75 Å². The van der Waals surface area contributed by atoms with Gasteiger partial charge < -0.3 is 15.5 Å². The van der Waals surface area contributed by atoms with E-state index in [1.807, 2.05) is 18.2 Å². The van der Waals surface area contributed by atoms with Crippen LogP contribution in [-0.4, -0.2) is 15.2 Å². The number of nitrogens with one attached hydrogen (secondary N) is 1. The predicted octanol–water partition coefficient (Wildman–Crippen LogP) is 2.44. The van der Waals surface area contributed by atoms with Crippen LogP contribution in [0, 0.1) is 6.92 Å². The molecule has 0 unspecified atom stereocenters. The van der Waals surface area contributed by atoms with Crippen LogP contribution >= 0.6 is 0 Å². The fourth-order valence-corrected chi connectivity index (χ4v) is 2.13. The highest BCUT2D eigenvalue weighted by Gasteiger charge is 2.12. The van der Waals surface area contributed by atoms with Crippen LogP contribution in [0.25, 0.3) is 0 Å². The molecule has 0 saturated carbocycles. The second-order valence-electron chi connectivity index (χ2n) is 4.87. The van der Waals surface area contributed by atoms with Gasteiger partial charge in [-0.15, -0.1) is 0 Å². The van der Waals surface area contributed by atoms with Crippen LogP contribution in [-0.2, 0) is 13.2 Å². The molecule has 3 N–H and O–H groups in total. The molecule has 0 aliphatic heterocycles. The Labute approximate surface area is 119 Å². The first kappa shape index (κ1) is 14.5. The van der Waals surface area contributed by atoms with E-state index in [9.17, 15) is 10.2 Å². The van der Waals surface area contributed by atoms with Crippen LogP contribution in [0.4, 0.5) is 0 Å². The van der Waals surface area contributed by atoms with Gasteiger partial charge in [-0.1, -0.05) is 30.3 Å². The summed E-state index contributed by atoms with van der Waals surface area (Å²) >= 11 is 0. The van der Waals surface area contributed by atoms with E-state index in [0.29, 0.717) is 23.4 Å². The first-order chi connectivity index (χ1) is 9.63. The molecule has 2 rings (SSSR count). The average Bonchev–Trinajstić information content (AvgIpc) is 2.49. The molecule has 0 radical (unpaired) electrons. The molecule has 1 atom stereocenters. The Balaban J connectivity index is 2.13. The summed E-state index contributed by atoms with van der Waals surface area (Å²) in [4.78, 5) is 4.06. The van der Waals surface area contributed by atoms with Crippen molar-refractivity contribution in [1.29, 1.82) is 0 Å². The maximum Gasteiger partial charge on any atom is 0.141 e. The standard InChI is InChI=1S/C16H20N2O2/c1-11(13-6-4-3-5-7-13)18-9-15-14(10-19)8-17-12(2)16(15)20/h3-8,11,18-20H,9-10H2,1-2H3/t11-/m1/s1. The second-order valence-corrected chi connectivity index (χ2v) is 4.87. The maximum absolute atomic E-state index is 10.1. The predicted molar refractivity (Wildman–Crippen MR) is 78.3 cm³/mol. The van der Waals surface area contributed by atoms with Gasteiger partial charge in [-0.3, -0.25) is 4.98 Å². The zero-order valence-corrected chi connectivity index (χ0v) is 11.8. The van der Waals surface area contributed by atoms with Crippen molar-refractivity contribution in [3.63, 3.8) is 0 Å². The molecule has 0 fully saturated rings. The van der Waals surface area contributed by atoms with Gasteiger partial charge in [-0.25, -0.2) is 0 Å². The van der Waals surface area contributed by atoms with Gasteiger partial charge in [-0.2, -0.15) is 0 Å². The van der Waals surface area contributed by atoms with Gasteiger partial charge in [0.15, 0.2) is 0 Å². The van der Waals surface area contributed by atoms with E-state index in [2.05, 4.69) is 29.4 Å². The number of aliphatic hydroxyl groups excluding tert-OH is 1. The minimum Gasteiger partial charge on any atom is -0.506 e. The van der Waals surface area contributed by atoms with Gasteiger partial charge in [0.1, 0.15) is 5.75 Å². The largest absolute Gasteiger partial charge is 0.506 e. The first-order valence-corrected chi connectivity index (χ1v) is 6.69. The molecule has 1 aromatic heterocycles. The summed E-state index contributed by atoms with van der Waals surface area (Å²) in [7, 11) is 0. The topological polar surface area (TPSA) is 65.4 Å². The Morgan fingerprint density at radius 3 is 2.60 bits per heavy atom. The lowest BCUT2D eigenvalue weighted by Gasteiger charge is -2.17. The maximum atomic E-state index is 10.1. The van der Waals surface area contributed by atoms with Crippen molar-refractivity contribution >= 4 is 0 Å². The summed E-state index contributed by atoms with van der Waals surface area (Å²) in [5, 5.41) is 22.8. The van der Waals surface area contributed by atoms with E-state index in [1.54, 1.807) is 13.1 Å². The van der Waals surface area contributed by atoms with E-state index in [-0.39, 0.29) is 18.4 Å². The molecule has 1 heterocycles.